The van der Waals surface area contributed by atoms with Crippen molar-refractivity contribution in [3.63, 3.8) is 0 Å². The van der Waals surface area contributed by atoms with Crippen LogP contribution >= 0.6 is 39.9 Å². The first-order valence-corrected chi connectivity index (χ1v) is 6.10. The van der Waals surface area contributed by atoms with Crippen LogP contribution in [0.25, 0.3) is 10.1 Å². The van der Waals surface area contributed by atoms with E-state index in [1.807, 2.05) is 17.5 Å². The molecule has 0 bridgehead atoms. The summed E-state index contributed by atoms with van der Waals surface area (Å²) in [6, 6.07) is 6.24. The molecule has 0 saturated carbocycles. The second-order valence-electron chi connectivity index (χ2n) is 2.86. The van der Waals surface area contributed by atoms with Gasteiger partial charge >= 0.3 is 0 Å². The van der Waals surface area contributed by atoms with Gasteiger partial charge in [0, 0.05) is 14.1 Å². The largest absolute Gasteiger partial charge is 0.198 e. The summed E-state index contributed by atoms with van der Waals surface area (Å²) in [6.07, 6.45) is 0.419. The Labute approximate surface area is 99.9 Å². The maximum Gasteiger partial charge on any atom is 0.0670 e. The molecule has 1 aromatic heterocycles. The minimum atomic E-state index is 0.419. The van der Waals surface area contributed by atoms with Crippen molar-refractivity contribution in [2.75, 3.05) is 0 Å². The summed E-state index contributed by atoms with van der Waals surface area (Å²) in [4.78, 5) is 0.894. The summed E-state index contributed by atoms with van der Waals surface area (Å²) in [5.41, 5.74) is 1.04. The third-order valence-corrected chi connectivity index (χ3v) is 4.46. The molecule has 0 amide bonds. The number of fused-ring (bicyclic) bond motifs is 1. The quantitative estimate of drug-likeness (QED) is 0.786. The van der Waals surface area contributed by atoms with E-state index in [2.05, 4.69) is 34.6 Å². The van der Waals surface area contributed by atoms with E-state index in [1.165, 1.54) is 4.70 Å². The lowest BCUT2D eigenvalue weighted by atomic mass is 10.1. The van der Waals surface area contributed by atoms with Crippen LogP contribution in [0.15, 0.2) is 26.9 Å². The highest BCUT2D eigenvalue weighted by Gasteiger charge is 2.09. The maximum atomic E-state index is 8.74. The molecule has 0 atom stereocenters. The van der Waals surface area contributed by atoms with E-state index >= 15 is 0 Å². The van der Waals surface area contributed by atoms with Gasteiger partial charge in [0.1, 0.15) is 0 Å². The maximum absolute atomic E-state index is 8.74. The van der Waals surface area contributed by atoms with Crippen LogP contribution in [0.4, 0.5) is 0 Å². The lowest BCUT2D eigenvalue weighted by Gasteiger charge is -2.04. The Bertz CT molecular complexity index is 525. The zero-order valence-corrected chi connectivity index (χ0v) is 10.4. The number of thiol groups is 1. The van der Waals surface area contributed by atoms with Gasteiger partial charge in [-0.2, -0.15) is 5.26 Å². The Hall–Kier alpha value is -0.500. The Morgan fingerprint density at radius 1 is 1.57 bits per heavy atom. The van der Waals surface area contributed by atoms with E-state index < -0.39 is 0 Å². The first-order valence-electron chi connectivity index (χ1n) is 3.98. The normalized spacial score (nSPS) is 10.4. The van der Waals surface area contributed by atoms with Crippen molar-refractivity contribution in [1.29, 1.82) is 5.26 Å². The van der Waals surface area contributed by atoms with Gasteiger partial charge in [0.25, 0.3) is 0 Å². The zero-order valence-electron chi connectivity index (χ0n) is 7.12. The number of rotatable bonds is 1. The molecule has 0 saturated heterocycles. The molecule has 2 aromatic rings. The number of benzene rings is 1. The molecule has 0 aliphatic carbocycles. The van der Waals surface area contributed by atoms with Gasteiger partial charge in [0.15, 0.2) is 0 Å². The second-order valence-corrected chi connectivity index (χ2v) is 5.08. The summed E-state index contributed by atoms with van der Waals surface area (Å²) in [5, 5.41) is 11.9. The molecule has 1 aromatic carbocycles. The number of hydrogen-bond donors (Lipinski definition) is 1. The SMILES string of the molecule is N#CCc1c(Br)c(S)cc2sccc12. The van der Waals surface area contributed by atoms with Gasteiger partial charge in [-0.3, -0.25) is 0 Å². The summed E-state index contributed by atoms with van der Waals surface area (Å²) in [5.74, 6) is 0. The van der Waals surface area contributed by atoms with Crippen molar-refractivity contribution in [3.8, 4) is 6.07 Å². The zero-order chi connectivity index (χ0) is 10.1. The Kier molecular flexibility index (Phi) is 2.82. The van der Waals surface area contributed by atoms with Crippen molar-refractivity contribution in [2.24, 2.45) is 0 Å². The van der Waals surface area contributed by atoms with E-state index in [0.717, 1.165) is 20.3 Å². The minimum Gasteiger partial charge on any atom is -0.198 e. The smallest absolute Gasteiger partial charge is 0.0670 e. The Morgan fingerprint density at radius 3 is 3.07 bits per heavy atom. The van der Waals surface area contributed by atoms with Crippen molar-refractivity contribution in [2.45, 2.75) is 11.3 Å². The van der Waals surface area contributed by atoms with Crippen LogP contribution in [0.1, 0.15) is 5.56 Å². The van der Waals surface area contributed by atoms with Gasteiger partial charge in [0.2, 0.25) is 0 Å². The number of halogens is 1. The predicted octanol–water partition coefficient (Wildman–Crippen LogP) is 4.02. The van der Waals surface area contributed by atoms with E-state index in [-0.39, 0.29) is 0 Å². The van der Waals surface area contributed by atoms with Crippen molar-refractivity contribution in [3.05, 3.63) is 27.5 Å². The van der Waals surface area contributed by atoms with Gasteiger partial charge in [-0.05, 0) is 44.4 Å². The highest BCUT2D eigenvalue weighted by Crippen LogP contribution is 2.35. The fourth-order valence-corrected chi connectivity index (χ4v) is 3.07. The third-order valence-electron chi connectivity index (χ3n) is 2.03. The van der Waals surface area contributed by atoms with Gasteiger partial charge < -0.3 is 0 Å². The molecule has 0 spiro atoms. The Balaban J connectivity index is 2.81. The molecule has 4 heteroatoms. The summed E-state index contributed by atoms with van der Waals surface area (Å²) < 4.78 is 2.12. The number of thiophene rings is 1. The topological polar surface area (TPSA) is 23.8 Å². The minimum absolute atomic E-state index is 0.419. The molecule has 0 aliphatic rings. The molecule has 0 fully saturated rings. The third kappa shape index (κ3) is 1.56. The molecule has 70 valence electrons. The molecule has 0 radical (unpaired) electrons. The van der Waals surface area contributed by atoms with Crippen LogP contribution in [0.2, 0.25) is 0 Å². The average Bonchev–Trinajstić information content (AvgIpc) is 2.60. The molecule has 0 N–H and O–H groups in total. The lowest BCUT2D eigenvalue weighted by molar-refractivity contribution is 1.24. The standard InChI is InChI=1S/C10H6BrNS2/c11-10-7(1-3-12)6-2-4-14-9(6)5-8(10)13/h2,4-5,13H,1H2. The van der Waals surface area contributed by atoms with Crippen LogP contribution in [-0.2, 0) is 6.42 Å². The fraction of sp³-hybridized carbons (Fsp3) is 0.100. The lowest BCUT2D eigenvalue weighted by Crippen LogP contribution is -1.86. The van der Waals surface area contributed by atoms with Crippen molar-refractivity contribution in [1.82, 2.24) is 0 Å². The molecule has 0 unspecified atom stereocenters. The van der Waals surface area contributed by atoms with Gasteiger partial charge in [-0.25, -0.2) is 0 Å². The van der Waals surface area contributed by atoms with Crippen LogP contribution < -0.4 is 0 Å². The van der Waals surface area contributed by atoms with E-state index in [1.54, 1.807) is 11.3 Å². The summed E-state index contributed by atoms with van der Waals surface area (Å²) in [7, 11) is 0. The van der Waals surface area contributed by atoms with E-state index in [4.69, 9.17) is 5.26 Å². The second kappa shape index (κ2) is 3.93. The van der Waals surface area contributed by atoms with Crippen molar-refractivity contribution < 1.29 is 0 Å². The average molecular weight is 284 g/mol. The van der Waals surface area contributed by atoms with Crippen LogP contribution in [0.5, 0.6) is 0 Å². The summed E-state index contributed by atoms with van der Waals surface area (Å²) >= 11 is 9.50. The molecule has 2 rings (SSSR count). The number of nitrogens with zero attached hydrogens (tertiary/aromatic N) is 1. The van der Waals surface area contributed by atoms with Gasteiger partial charge in [-0.15, -0.1) is 24.0 Å². The fourth-order valence-electron chi connectivity index (χ4n) is 1.39. The predicted molar refractivity (Wildman–Crippen MR) is 66.1 cm³/mol. The highest BCUT2D eigenvalue weighted by molar-refractivity contribution is 9.10. The molecule has 1 heterocycles. The number of hydrogen-bond acceptors (Lipinski definition) is 3. The van der Waals surface area contributed by atoms with Crippen LogP contribution in [0.3, 0.4) is 0 Å². The molecule has 1 nitrogen and oxygen atoms in total. The highest BCUT2D eigenvalue weighted by atomic mass is 79.9. The van der Waals surface area contributed by atoms with Crippen molar-refractivity contribution >= 4 is 50.0 Å². The summed E-state index contributed by atoms with van der Waals surface area (Å²) in [6.45, 7) is 0. The molecular formula is C10H6BrNS2. The van der Waals surface area contributed by atoms with Gasteiger partial charge in [0.05, 0.1) is 12.5 Å². The first kappa shape index (κ1) is 10.0. The van der Waals surface area contributed by atoms with E-state index in [0.29, 0.717) is 6.42 Å². The molecule has 0 aliphatic heterocycles. The monoisotopic (exact) mass is 283 g/mol. The Morgan fingerprint density at radius 2 is 2.36 bits per heavy atom. The van der Waals surface area contributed by atoms with Crippen LogP contribution in [0, 0.1) is 11.3 Å². The molecular weight excluding hydrogens is 278 g/mol. The van der Waals surface area contributed by atoms with E-state index in [9.17, 15) is 0 Å². The van der Waals surface area contributed by atoms with Crippen LogP contribution in [-0.4, -0.2) is 0 Å². The first-order chi connectivity index (χ1) is 6.74. The van der Waals surface area contributed by atoms with Gasteiger partial charge in [-0.1, -0.05) is 0 Å². The number of nitriles is 1. The molecule has 14 heavy (non-hydrogen) atoms.